The van der Waals surface area contributed by atoms with Crippen LogP contribution in [0.5, 0.6) is 0 Å². The highest BCUT2D eigenvalue weighted by Gasteiger charge is 2.37. The number of carbonyl (C=O) groups is 1. The fraction of sp³-hybridized carbons (Fsp3) is 0.750. The molecule has 0 aromatic carbocycles. The number of amides is 1. The molecule has 1 aliphatic heterocycles. The zero-order chi connectivity index (χ0) is 18.2. The van der Waals surface area contributed by atoms with Gasteiger partial charge in [-0.15, -0.1) is 0 Å². The van der Waals surface area contributed by atoms with Gasteiger partial charge in [0.25, 0.3) is 0 Å². The molecule has 9 nitrogen and oxygen atoms in total. The Labute approximate surface area is 146 Å². The zero-order valence-electron chi connectivity index (χ0n) is 14.9. The lowest BCUT2D eigenvalue weighted by molar-refractivity contribution is -0.385. The Hall–Kier alpha value is -2.16. The minimum Gasteiger partial charge on any atom is -0.444 e. The van der Waals surface area contributed by atoms with Gasteiger partial charge in [0, 0.05) is 32.2 Å². The van der Waals surface area contributed by atoms with Crippen LogP contribution >= 0.6 is 0 Å². The minimum atomic E-state index is -0.470. The Morgan fingerprint density at radius 2 is 1.88 bits per heavy atom. The predicted octanol–water partition coefficient (Wildman–Crippen LogP) is 2.05. The average Bonchev–Trinajstić information content (AvgIpc) is 2.94. The summed E-state index contributed by atoms with van der Waals surface area (Å²) in [6, 6.07) is 0.677. The largest absolute Gasteiger partial charge is 0.444 e. The van der Waals surface area contributed by atoms with E-state index in [9.17, 15) is 14.9 Å². The van der Waals surface area contributed by atoms with Crippen LogP contribution in [0.2, 0.25) is 0 Å². The van der Waals surface area contributed by atoms with Crippen LogP contribution < -0.4 is 0 Å². The van der Waals surface area contributed by atoms with E-state index in [2.05, 4.69) is 10.00 Å². The molecule has 1 saturated carbocycles. The quantitative estimate of drug-likeness (QED) is 0.611. The highest BCUT2D eigenvalue weighted by Crippen LogP contribution is 2.36. The molecular formula is C16H25N5O4. The van der Waals surface area contributed by atoms with Gasteiger partial charge in [0.05, 0.1) is 11.0 Å². The highest BCUT2D eigenvalue weighted by atomic mass is 16.6. The molecule has 1 aromatic rings. The Morgan fingerprint density at radius 1 is 1.24 bits per heavy atom. The third-order valence-corrected chi connectivity index (χ3v) is 4.74. The summed E-state index contributed by atoms with van der Waals surface area (Å²) in [5, 5.41) is 14.8. The highest BCUT2D eigenvalue weighted by molar-refractivity contribution is 5.68. The van der Waals surface area contributed by atoms with E-state index in [1.54, 1.807) is 9.58 Å². The Morgan fingerprint density at radius 3 is 2.40 bits per heavy atom. The van der Waals surface area contributed by atoms with Crippen molar-refractivity contribution in [3.8, 4) is 0 Å². The van der Waals surface area contributed by atoms with Crippen molar-refractivity contribution in [2.24, 2.45) is 0 Å². The Balaban J connectivity index is 1.44. The molecule has 0 radical (unpaired) electrons. The number of aromatic nitrogens is 2. The van der Waals surface area contributed by atoms with E-state index in [0.717, 1.165) is 25.9 Å². The molecule has 0 unspecified atom stereocenters. The van der Waals surface area contributed by atoms with E-state index >= 15 is 0 Å². The predicted molar refractivity (Wildman–Crippen MR) is 90.3 cm³/mol. The lowest BCUT2D eigenvalue weighted by Gasteiger charge is -2.46. The molecule has 2 heterocycles. The minimum absolute atomic E-state index is 0.0365. The molecule has 1 amide bonds. The molecule has 1 aromatic heterocycles. The standard InChI is InChI=1S/C16H25N5O4/c1-16(2,3)25-15(22)19-6-4-18(5-7-19)12-8-13(9-12)20-11-14(10-17-20)21(23)24/h10-13H,4-9H2,1-3H3. The number of piperazine rings is 1. The summed E-state index contributed by atoms with van der Waals surface area (Å²) in [7, 11) is 0. The summed E-state index contributed by atoms with van der Waals surface area (Å²) in [6.07, 6.45) is 4.42. The first-order chi connectivity index (χ1) is 11.7. The smallest absolute Gasteiger partial charge is 0.410 e. The first-order valence-electron chi connectivity index (χ1n) is 8.63. The second-order valence-corrected chi connectivity index (χ2v) is 7.72. The summed E-state index contributed by atoms with van der Waals surface area (Å²) in [4.78, 5) is 26.5. The topological polar surface area (TPSA) is 93.7 Å². The van der Waals surface area contributed by atoms with Crippen LogP contribution in [0.4, 0.5) is 10.5 Å². The van der Waals surface area contributed by atoms with Gasteiger partial charge >= 0.3 is 11.8 Å². The number of nitrogens with zero attached hydrogens (tertiary/aromatic N) is 5. The summed E-state index contributed by atoms with van der Waals surface area (Å²) < 4.78 is 7.11. The van der Waals surface area contributed by atoms with Crippen molar-refractivity contribution in [3.63, 3.8) is 0 Å². The molecule has 2 fully saturated rings. The van der Waals surface area contributed by atoms with E-state index in [4.69, 9.17) is 4.74 Å². The maximum absolute atomic E-state index is 12.1. The fourth-order valence-corrected chi connectivity index (χ4v) is 3.29. The monoisotopic (exact) mass is 351 g/mol. The van der Waals surface area contributed by atoms with Gasteiger partial charge in [-0.3, -0.25) is 19.7 Å². The third-order valence-electron chi connectivity index (χ3n) is 4.74. The van der Waals surface area contributed by atoms with Crippen LogP contribution in [0.1, 0.15) is 39.7 Å². The number of nitro groups is 1. The summed E-state index contributed by atoms with van der Waals surface area (Å²) in [5.74, 6) is 0. The second-order valence-electron chi connectivity index (χ2n) is 7.72. The lowest BCUT2D eigenvalue weighted by atomic mass is 9.85. The third kappa shape index (κ3) is 4.09. The van der Waals surface area contributed by atoms with E-state index in [-0.39, 0.29) is 17.8 Å². The summed E-state index contributed by atoms with van der Waals surface area (Å²) in [5.41, 5.74) is -0.434. The molecule has 138 valence electrons. The fourth-order valence-electron chi connectivity index (χ4n) is 3.29. The van der Waals surface area contributed by atoms with Crippen LogP contribution in [-0.4, -0.2) is 68.4 Å². The zero-order valence-corrected chi connectivity index (χ0v) is 14.9. The van der Waals surface area contributed by atoms with Crippen LogP contribution in [-0.2, 0) is 4.74 Å². The lowest BCUT2D eigenvalue weighted by Crippen LogP contribution is -2.55. The first-order valence-corrected chi connectivity index (χ1v) is 8.63. The van der Waals surface area contributed by atoms with Gasteiger partial charge in [-0.1, -0.05) is 0 Å². The van der Waals surface area contributed by atoms with Crippen molar-refractivity contribution in [2.75, 3.05) is 26.2 Å². The van der Waals surface area contributed by atoms with E-state index < -0.39 is 10.5 Å². The van der Waals surface area contributed by atoms with Crippen molar-refractivity contribution in [3.05, 3.63) is 22.5 Å². The molecular weight excluding hydrogens is 326 g/mol. The van der Waals surface area contributed by atoms with Crippen molar-refractivity contribution >= 4 is 11.8 Å². The number of hydrogen-bond donors (Lipinski definition) is 0. The first kappa shape index (κ1) is 17.7. The van der Waals surface area contributed by atoms with Gasteiger partial charge in [-0.25, -0.2) is 4.79 Å². The van der Waals surface area contributed by atoms with Crippen molar-refractivity contribution in [2.45, 2.75) is 51.3 Å². The van der Waals surface area contributed by atoms with Crippen LogP contribution in [0, 0.1) is 10.1 Å². The molecule has 0 bridgehead atoms. The van der Waals surface area contributed by atoms with Gasteiger partial charge in [0.1, 0.15) is 18.0 Å². The maximum Gasteiger partial charge on any atom is 0.410 e. The van der Waals surface area contributed by atoms with Gasteiger partial charge < -0.3 is 9.64 Å². The van der Waals surface area contributed by atoms with Crippen LogP contribution in [0.25, 0.3) is 0 Å². The molecule has 2 aliphatic rings. The van der Waals surface area contributed by atoms with E-state index in [1.807, 2.05) is 20.8 Å². The average molecular weight is 351 g/mol. The Kier molecular flexibility index (Phi) is 4.68. The van der Waals surface area contributed by atoms with Crippen LogP contribution in [0.3, 0.4) is 0 Å². The SMILES string of the molecule is CC(C)(C)OC(=O)N1CCN(C2CC(n3cc([N+](=O)[O-])cn3)C2)CC1. The molecule has 25 heavy (non-hydrogen) atoms. The molecule has 1 saturated heterocycles. The maximum atomic E-state index is 12.1. The second kappa shape index (κ2) is 6.62. The molecule has 9 heteroatoms. The number of ether oxygens (including phenoxy) is 1. The summed E-state index contributed by atoms with van der Waals surface area (Å²) >= 11 is 0. The van der Waals surface area contributed by atoms with Gasteiger partial charge in [-0.05, 0) is 33.6 Å². The van der Waals surface area contributed by atoms with Crippen molar-refractivity contribution in [1.29, 1.82) is 0 Å². The van der Waals surface area contributed by atoms with Crippen LogP contribution in [0.15, 0.2) is 12.4 Å². The van der Waals surface area contributed by atoms with Gasteiger partial charge in [0.15, 0.2) is 0 Å². The number of rotatable bonds is 3. The molecule has 1 aliphatic carbocycles. The Bertz CT molecular complexity index is 639. The molecule has 0 spiro atoms. The molecule has 3 rings (SSSR count). The van der Waals surface area contributed by atoms with Crippen molar-refractivity contribution in [1.82, 2.24) is 19.6 Å². The summed E-state index contributed by atoms with van der Waals surface area (Å²) in [6.45, 7) is 8.61. The van der Waals surface area contributed by atoms with Gasteiger partial charge in [0.2, 0.25) is 0 Å². The molecule has 0 atom stereocenters. The van der Waals surface area contributed by atoms with Crippen molar-refractivity contribution < 1.29 is 14.5 Å². The van der Waals surface area contributed by atoms with Gasteiger partial charge in [-0.2, -0.15) is 5.10 Å². The number of carbonyl (C=O) groups excluding carboxylic acids is 1. The number of hydrogen-bond acceptors (Lipinski definition) is 6. The normalized spacial score (nSPS) is 24.7. The van der Waals surface area contributed by atoms with E-state index in [0.29, 0.717) is 19.1 Å². The molecule has 0 N–H and O–H groups in total. The van der Waals surface area contributed by atoms with E-state index in [1.165, 1.54) is 12.4 Å².